The lowest BCUT2D eigenvalue weighted by Gasteiger charge is -2.08. The van der Waals surface area contributed by atoms with Crippen LogP contribution in [0.1, 0.15) is 32.2 Å². The summed E-state index contributed by atoms with van der Waals surface area (Å²) < 4.78 is 6.08. The van der Waals surface area contributed by atoms with Crippen molar-refractivity contribution in [2.24, 2.45) is 11.7 Å². The first-order valence-electron chi connectivity index (χ1n) is 5.77. The SMILES string of the molecule is CC(C)C[C@@H](N)c1nc(-c2ccc(Br)cn2)no1. The summed E-state index contributed by atoms with van der Waals surface area (Å²) in [6.07, 6.45) is 2.51. The maximum atomic E-state index is 5.99. The summed E-state index contributed by atoms with van der Waals surface area (Å²) in [5, 5.41) is 3.90. The van der Waals surface area contributed by atoms with Gasteiger partial charge in [0.1, 0.15) is 5.69 Å². The number of hydrogen-bond donors (Lipinski definition) is 1. The van der Waals surface area contributed by atoms with Crippen molar-refractivity contribution >= 4 is 15.9 Å². The third-order valence-electron chi connectivity index (χ3n) is 2.44. The molecule has 2 rings (SSSR count). The summed E-state index contributed by atoms with van der Waals surface area (Å²) in [6.45, 7) is 4.21. The number of pyridine rings is 1. The van der Waals surface area contributed by atoms with Gasteiger partial charge in [-0.25, -0.2) is 0 Å². The van der Waals surface area contributed by atoms with Crippen LogP contribution in [0, 0.1) is 5.92 Å². The minimum Gasteiger partial charge on any atom is -0.337 e. The van der Waals surface area contributed by atoms with Crippen LogP contribution in [-0.4, -0.2) is 15.1 Å². The molecule has 2 N–H and O–H groups in total. The summed E-state index contributed by atoms with van der Waals surface area (Å²) >= 11 is 3.33. The van der Waals surface area contributed by atoms with Gasteiger partial charge in [-0.05, 0) is 40.4 Å². The van der Waals surface area contributed by atoms with E-state index in [2.05, 4.69) is 44.9 Å². The van der Waals surface area contributed by atoms with E-state index in [-0.39, 0.29) is 6.04 Å². The van der Waals surface area contributed by atoms with Crippen LogP contribution in [0.5, 0.6) is 0 Å². The molecule has 0 aliphatic heterocycles. The van der Waals surface area contributed by atoms with E-state index >= 15 is 0 Å². The first-order chi connectivity index (χ1) is 8.56. The quantitative estimate of drug-likeness (QED) is 0.939. The van der Waals surface area contributed by atoms with E-state index in [0.29, 0.717) is 23.3 Å². The highest BCUT2D eigenvalue weighted by Gasteiger charge is 2.17. The van der Waals surface area contributed by atoms with E-state index in [1.807, 2.05) is 12.1 Å². The van der Waals surface area contributed by atoms with Crippen LogP contribution in [0.25, 0.3) is 11.5 Å². The highest BCUT2D eigenvalue weighted by atomic mass is 79.9. The monoisotopic (exact) mass is 310 g/mol. The van der Waals surface area contributed by atoms with Crippen LogP contribution < -0.4 is 5.73 Å². The minimum atomic E-state index is -0.221. The fourth-order valence-electron chi connectivity index (χ4n) is 1.61. The molecule has 1 atom stereocenters. The van der Waals surface area contributed by atoms with Gasteiger partial charge in [-0.2, -0.15) is 4.98 Å². The standard InChI is InChI=1S/C12H15BrN4O/c1-7(2)5-9(14)12-16-11(17-18-12)10-4-3-8(13)6-15-10/h3-4,6-7,9H,5,14H2,1-2H3/t9-/m1/s1. The van der Waals surface area contributed by atoms with Crippen LogP contribution in [0.3, 0.4) is 0 Å². The van der Waals surface area contributed by atoms with Gasteiger partial charge in [0.15, 0.2) is 0 Å². The number of hydrogen-bond acceptors (Lipinski definition) is 5. The van der Waals surface area contributed by atoms with E-state index in [1.165, 1.54) is 0 Å². The Bertz CT molecular complexity index is 509. The second-order valence-electron chi connectivity index (χ2n) is 4.55. The average Bonchev–Trinajstić information content (AvgIpc) is 2.78. The molecule has 96 valence electrons. The number of halogens is 1. The molecule has 0 amide bonds. The fourth-order valence-corrected chi connectivity index (χ4v) is 1.84. The molecule has 2 aromatic rings. The Kier molecular flexibility index (Phi) is 4.08. The zero-order chi connectivity index (χ0) is 13.1. The fraction of sp³-hybridized carbons (Fsp3) is 0.417. The number of rotatable bonds is 4. The predicted octanol–water partition coefficient (Wildman–Crippen LogP) is 2.94. The van der Waals surface area contributed by atoms with Crippen LogP contribution in [0.15, 0.2) is 27.3 Å². The van der Waals surface area contributed by atoms with Gasteiger partial charge in [-0.1, -0.05) is 19.0 Å². The van der Waals surface area contributed by atoms with Crippen molar-refractivity contribution < 1.29 is 4.52 Å². The van der Waals surface area contributed by atoms with Gasteiger partial charge in [0, 0.05) is 10.7 Å². The van der Waals surface area contributed by atoms with Crippen LogP contribution in [0.2, 0.25) is 0 Å². The van der Waals surface area contributed by atoms with Gasteiger partial charge in [-0.15, -0.1) is 0 Å². The van der Waals surface area contributed by atoms with Crippen molar-refractivity contribution in [1.29, 1.82) is 0 Å². The van der Waals surface area contributed by atoms with E-state index in [9.17, 15) is 0 Å². The molecule has 0 aliphatic carbocycles. The minimum absolute atomic E-state index is 0.221. The molecule has 6 heteroatoms. The molecule has 5 nitrogen and oxygen atoms in total. The van der Waals surface area contributed by atoms with Crippen molar-refractivity contribution in [3.05, 3.63) is 28.7 Å². The summed E-state index contributed by atoms with van der Waals surface area (Å²) in [5.41, 5.74) is 6.66. The van der Waals surface area contributed by atoms with Crippen molar-refractivity contribution in [1.82, 2.24) is 15.1 Å². The molecular weight excluding hydrogens is 296 g/mol. The maximum absolute atomic E-state index is 5.99. The maximum Gasteiger partial charge on any atom is 0.243 e. The molecule has 0 aromatic carbocycles. The molecule has 0 fully saturated rings. The molecule has 2 heterocycles. The zero-order valence-corrected chi connectivity index (χ0v) is 11.9. The third kappa shape index (κ3) is 3.14. The highest BCUT2D eigenvalue weighted by molar-refractivity contribution is 9.10. The largest absolute Gasteiger partial charge is 0.337 e. The Morgan fingerprint density at radius 2 is 2.17 bits per heavy atom. The molecule has 0 saturated carbocycles. The molecule has 0 unspecified atom stereocenters. The molecule has 18 heavy (non-hydrogen) atoms. The predicted molar refractivity (Wildman–Crippen MR) is 71.6 cm³/mol. The van der Waals surface area contributed by atoms with E-state index < -0.39 is 0 Å². The molecule has 0 saturated heterocycles. The normalized spacial score (nSPS) is 12.9. The molecule has 0 bridgehead atoms. The number of nitrogens with zero attached hydrogens (tertiary/aromatic N) is 3. The molecule has 0 radical (unpaired) electrons. The van der Waals surface area contributed by atoms with Gasteiger partial charge >= 0.3 is 0 Å². The van der Waals surface area contributed by atoms with Crippen LogP contribution in [-0.2, 0) is 0 Å². The second-order valence-corrected chi connectivity index (χ2v) is 5.47. The van der Waals surface area contributed by atoms with Gasteiger partial charge in [0.2, 0.25) is 11.7 Å². The lowest BCUT2D eigenvalue weighted by Crippen LogP contribution is -2.13. The van der Waals surface area contributed by atoms with Crippen molar-refractivity contribution in [3.63, 3.8) is 0 Å². The Hall–Kier alpha value is -1.27. The van der Waals surface area contributed by atoms with E-state index in [1.54, 1.807) is 6.20 Å². The molecule has 0 aliphatic rings. The van der Waals surface area contributed by atoms with Crippen molar-refractivity contribution in [3.8, 4) is 11.5 Å². The summed E-state index contributed by atoms with van der Waals surface area (Å²) in [4.78, 5) is 8.49. The summed E-state index contributed by atoms with van der Waals surface area (Å²) in [5.74, 6) is 1.42. The second kappa shape index (κ2) is 5.58. The smallest absolute Gasteiger partial charge is 0.243 e. The summed E-state index contributed by atoms with van der Waals surface area (Å²) in [7, 11) is 0. The topological polar surface area (TPSA) is 77.8 Å². The molecule has 0 spiro atoms. The lowest BCUT2D eigenvalue weighted by molar-refractivity contribution is 0.335. The third-order valence-corrected chi connectivity index (χ3v) is 2.91. The van der Waals surface area contributed by atoms with Crippen LogP contribution in [0.4, 0.5) is 0 Å². The first-order valence-corrected chi connectivity index (χ1v) is 6.56. The summed E-state index contributed by atoms with van der Waals surface area (Å²) in [6, 6.07) is 3.49. The average molecular weight is 311 g/mol. The zero-order valence-electron chi connectivity index (χ0n) is 10.3. The lowest BCUT2D eigenvalue weighted by atomic mass is 10.0. The number of nitrogens with two attached hydrogens (primary N) is 1. The van der Waals surface area contributed by atoms with Crippen molar-refractivity contribution in [2.75, 3.05) is 0 Å². The van der Waals surface area contributed by atoms with E-state index in [0.717, 1.165) is 10.9 Å². The van der Waals surface area contributed by atoms with Crippen molar-refractivity contribution in [2.45, 2.75) is 26.3 Å². The van der Waals surface area contributed by atoms with Gasteiger partial charge in [-0.3, -0.25) is 4.98 Å². The Balaban J connectivity index is 2.17. The molecule has 2 aromatic heterocycles. The number of aromatic nitrogens is 3. The Morgan fingerprint density at radius 3 is 2.78 bits per heavy atom. The van der Waals surface area contributed by atoms with Crippen LogP contribution >= 0.6 is 15.9 Å². The highest BCUT2D eigenvalue weighted by Crippen LogP contribution is 2.21. The van der Waals surface area contributed by atoms with E-state index in [4.69, 9.17) is 10.3 Å². The Morgan fingerprint density at radius 1 is 1.39 bits per heavy atom. The van der Waals surface area contributed by atoms with Gasteiger partial charge < -0.3 is 10.3 Å². The van der Waals surface area contributed by atoms with Gasteiger partial charge in [0.05, 0.1) is 6.04 Å². The van der Waals surface area contributed by atoms with Gasteiger partial charge in [0.25, 0.3) is 0 Å². The first kappa shape index (κ1) is 13.2. The Labute approximate surface area is 114 Å². The molecular formula is C12H15BrN4O.